The first-order valence-electron chi connectivity index (χ1n) is 6.82. The zero-order chi connectivity index (χ0) is 11.9. The molecule has 1 heteroatoms. The topological polar surface area (TPSA) is 20.2 Å². The van der Waals surface area contributed by atoms with Gasteiger partial charge in [-0.25, -0.2) is 0 Å². The van der Waals surface area contributed by atoms with Gasteiger partial charge in [0.25, 0.3) is 0 Å². The molecule has 0 bridgehead atoms. The van der Waals surface area contributed by atoms with Crippen LogP contribution in [0.3, 0.4) is 0 Å². The van der Waals surface area contributed by atoms with Crippen LogP contribution in [0.1, 0.15) is 53.4 Å². The van der Waals surface area contributed by atoms with E-state index in [4.69, 9.17) is 0 Å². The fourth-order valence-electron chi connectivity index (χ4n) is 4.17. The van der Waals surface area contributed by atoms with Crippen molar-refractivity contribution in [3.8, 4) is 0 Å². The van der Waals surface area contributed by atoms with Gasteiger partial charge in [-0.2, -0.15) is 0 Å². The maximum Gasteiger partial charge on any atom is 0.0622 e. The molecule has 0 aliphatic heterocycles. The smallest absolute Gasteiger partial charge is 0.0622 e. The Hall–Kier alpha value is -0.300. The van der Waals surface area contributed by atoms with E-state index < -0.39 is 5.60 Å². The predicted octanol–water partition coefficient (Wildman–Crippen LogP) is 3.78. The number of hydrogen-bond donors (Lipinski definition) is 1. The van der Waals surface area contributed by atoms with Crippen LogP contribution in [0.25, 0.3) is 0 Å². The molecule has 2 aliphatic carbocycles. The van der Waals surface area contributed by atoms with Gasteiger partial charge >= 0.3 is 0 Å². The lowest BCUT2D eigenvalue weighted by Gasteiger charge is -2.47. The number of fused-ring (bicyclic) bond motifs is 1. The molecule has 92 valence electrons. The van der Waals surface area contributed by atoms with Crippen LogP contribution >= 0.6 is 0 Å². The molecule has 1 nitrogen and oxygen atoms in total. The SMILES string of the molecule is C[C@H]1[C@@H]2C(=CCC[C@@H]2C)CC[C@H]1C(C)(C)O. The van der Waals surface area contributed by atoms with Crippen LogP contribution in [0.2, 0.25) is 0 Å². The number of allylic oxidation sites excluding steroid dienone is 2. The predicted molar refractivity (Wildman–Crippen MR) is 68.2 cm³/mol. The first-order chi connectivity index (χ1) is 7.41. The fraction of sp³-hybridized carbons (Fsp3) is 0.867. The number of aliphatic hydroxyl groups is 1. The summed E-state index contributed by atoms with van der Waals surface area (Å²) < 4.78 is 0. The third-order valence-electron chi connectivity index (χ3n) is 4.92. The van der Waals surface area contributed by atoms with Crippen LogP contribution in [-0.4, -0.2) is 10.7 Å². The van der Waals surface area contributed by atoms with Crippen LogP contribution in [0.15, 0.2) is 11.6 Å². The standard InChI is InChI=1S/C15H26O/c1-10-6-5-7-12-8-9-13(15(3,4)16)11(2)14(10)12/h7,10-11,13-14,16H,5-6,8-9H2,1-4H3/t10-,11+,13+,14+/m0/s1. The maximum atomic E-state index is 10.3. The number of hydrogen-bond acceptors (Lipinski definition) is 1. The van der Waals surface area contributed by atoms with Crippen molar-refractivity contribution in [2.45, 2.75) is 59.0 Å². The molecule has 2 rings (SSSR count). The van der Waals surface area contributed by atoms with E-state index in [-0.39, 0.29) is 0 Å². The average Bonchev–Trinajstić information content (AvgIpc) is 2.16. The summed E-state index contributed by atoms with van der Waals surface area (Å²) in [5.74, 6) is 2.64. The van der Waals surface area contributed by atoms with Crippen molar-refractivity contribution in [1.82, 2.24) is 0 Å². The van der Waals surface area contributed by atoms with E-state index in [2.05, 4.69) is 19.9 Å². The lowest BCUT2D eigenvalue weighted by Crippen LogP contribution is -2.43. The Morgan fingerprint density at radius 2 is 1.94 bits per heavy atom. The summed E-state index contributed by atoms with van der Waals surface area (Å²) in [7, 11) is 0. The van der Waals surface area contributed by atoms with Gasteiger partial charge in [-0.3, -0.25) is 0 Å². The maximum absolute atomic E-state index is 10.3. The molecule has 0 aromatic rings. The highest BCUT2D eigenvalue weighted by Crippen LogP contribution is 2.48. The largest absolute Gasteiger partial charge is 0.390 e. The molecule has 16 heavy (non-hydrogen) atoms. The molecule has 1 saturated carbocycles. The third-order valence-corrected chi connectivity index (χ3v) is 4.92. The molecule has 1 N–H and O–H groups in total. The van der Waals surface area contributed by atoms with E-state index in [1.807, 2.05) is 13.8 Å². The van der Waals surface area contributed by atoms with Crippen LogP contribution in [-0.2, 0) is 0 Å². The summed E-state index contributed by atoms with van der Waals surface area (Å²) >= 11 is 0. The van der Waals surface area contributed by atoms with Gasteiger partial charge < -0.3 is 5.11 Å². The van der Waals surface area contributed by atoms with E-state index >= 15 is 0 Å². The summed E-state index contributed by atoms with van der Waals surface area (Å²) in [4.78, 5) is 0. The summed E-state index contributed by atoms with van der Waals surface area (Å²) in [5, 5.41) is 10.3. The molecule has 0 spiro atoms. The van der Waals surface area contributed by atoms with Crippen LogP contribution in [0.5, 0.6) is 0 Å². The first-order valence-corrected chi connectivity index (χ1v) is 6.82. The number of rotatable bonds is 1. The van der Waals surface area contributed by atoms with Crippen molar-refractivity contribution in [3.63, 3.8) is 0 Å². The minimum Gasteiger partial charge on any atom is -0.390 e. The van der Waals surface area contributed by atoms with E-state index in [1.165, 1.54) is 25.7 Å². The van der Waals surface area contributed by atoms with Gasteiger partial charge in [0.2, 0.25) is 0 Å². The molecule has 1 fully saturated rings. The molecule has 0 unspecified atom stereocenters. The van der Waals surface area contributed by atoms with Gasteiger partial charge in [0.1, 0.15) is 0 Å². The Kier molecular flexibility index (Phi) is 3.18. The minimum absolute atomic E-state index is 0.468. The van der Waals surface area contributed by atoms with Crippen LogP contribution in [0.4, 0.5) is 0 Å². The molecule has 0 aromatic heterocycles. The molecule has 0 aromatic carbocycles. The fourth-order valence-corrected chi connectivity index (χ4v) is 4.17. The van der Waals surface area contributed by atoms with E-state index in [1.54, 1.807) is 5.57 Å². The molecule has 0 heterocycles. The second-order valence-corrected chi connectivity index (χ2v) is 6.52. The van der Waals surface area contributed by atoms with Crippen molar-refractivity contribution in [2.24, 2.45) is 23.7 Å². The van der Waals surface area contributed by atoms with Crippen molar-refractivity contribution < 1.29 is 5.11 Å². The third kappa shape index (κ3) is 2.07. The van der Waals surface area contributed by atoms with Gasteiger partial charge in [-0.05, 0) is 63.2 Å². The quantitative estimate of drug-likeness (QED) is 0.669. The van der Waals surface area contributed by atoms with Gasteiger partial charge in [0.15, 0.2) is 0 Å². The molecule has 0 saturated heterocycles. The Morgan fingerprint density at radius 3 is 2.56 bits per heavy atom. The van der Waals surface area contributed by atoms with Gasteiger partial charge in [0, 0.05) is 0 Å². The average molecular weight is 222 g/mol. The molecular formula is C15H26O. The molecular weight excluding hydrogens is 196 g/mol. The van der Waals surface area contributed by atoms with E-state index in [0.717, 1.165) is 11.8 Å². The molecule has 4 atom stereocenters. The summed E-state index contributed by atoms with van der Waals surface area (Å²) in [5.41, 5.74) is 1.18. The Labute approximate surface area is 99.9 Å². The summed E-state index contributed by atoms with van der Waals surface area (Å²) in [6.07, 6.45) is 7.46. The van der Waals surface area contributed by atoms with Crippen LogP contribution < -0.4 is 0 Å². The Morgan fingerprint density at radius 1 is 1.25 bits per heavy atom. The van der Waals surface area contributed by atoms with Crippen molar-refractivity contribution >= 4 is 0 Å². The lowest BCUT2D eigenvalue weighted by atomic mass is 9.60. The highest BCUT2D eigenvalue weighted by molar-refractivity contribution is 5.17. The Balaban J connectivity index is 2.22. The zero-order valence-corrected chi connectivity index (χ0v) is 11.2. The molecule has 0 radical (unpaired) electrons. The minimum atomic E-state index is -0.512. The second kappa shape index (κ2) is 4.18. The normalized spacial score (nSPS) is 40.2. The zero-order valence-electron chi connectivity index (χ0n) is 11.2. The summed E-state index contributed by atoms with van der Waals surface area (Å²) in [6.45, 7) is 8.70. The van der Waals surface area contributed by atoms with Crippen molar-refractivity contribution in [2.75, 3.05) is 0 Å². The molecule has 2 aliphatic rings. The Bertz CT molecular complexity index is 284. The van der Waals surface area contributed by atoms with Gasteiger partial charge in [-0.15, -0.1) is 0 Å². The van der Waals surface area contributed by atoms with Gasteiger partial charge in [-0.1, -0.05) is 25.5 Å². The van der Waals surface area contributed by atoms with Gasteiger partial charge in [0.05, 0.1) is 5.60 Å². The monoisotopic (exact) mass is 222 g/mol. The van der Waals surface area contributed by atoms with Crippen molar-refractivity contribution in [3.05, 3.63) is 11.6 Å². The first kappa shape index (κ1) is 12.2. The van der Waals surface area contributed by atoms with Crippen LogP contribution in [0, 0.1) is 23.7 Å². The molecule has 0 amide bonds. The van der Waals surface area contributed by atoms with E-state index in [9.17, 15) is 5.11 Å². The lowest BCUT2D eigenvalue weighted by molar-refractivity contribution is -0.0367. The summed E-state index contributed by atoms with van der Waals surface area (Å²) in [6, 6.07) is 0. The van der Waals surface area contributed by atoms with E-state index in [0.29, 0.717) is 11.8 Å². The second-order valence-electron chi connectivity index (χ2n) is 6.52. The highest BCUT2D eigenvalue weighted by atomic mass is 16.3. The highest BCUT2D eigenvalue weighted by Gasteiger charge is 2.42. The van der Waals surface area contributed by atoms with Crippen molar-refractivity contribution in [1.29, 1.82) is 0 Å².